The van der Waals surface area contributed by atoms with Gasteiger partial charge in [-0.05, 0) is 13.8 Å². The van der Waals surface area contributed by atoms with Gasteiger partial charge in [-0.3, -0.25) is 9.78 Å². The molecule has 1 heterocycles. The molecule has 0 radical (unpaired) electrons. The Balaban J connectivity index is 2.74. The molecule has 82 valence electrons. The zero-order valence-electron chi connectivity index (χ0n) is 9.24. The Bertz CT molecular complexity index is 350. The molecule has 0 saturated carbocycles. The topological polar surface area (TPSA) is 48.4 Å². The Morgan fingerprint density at radius 2 is 2.20 bits per heavy atom. The SMILES string of the molecule is CCOc1cc(C)nc(COC(C)=O)c1. The smallest absolute Gasteiger partial charge is 0.303 e. The van der Waals surface area contributed by atoms with E-state index in [-0.39, 0.29) is 12.6 Å². The van der Waals surface area contributed by atoms with Gasteiger partial charge >= 0.3 is 5.97 Å². The zero-order valence-corrected chi connectivity index (χ0v) is 9.24. The summed E-state index contributed by atoms with van der Waals surface area (Å²) in [5.74, 6) is 0.448. The maximum absolute atomic E-state index is 10.6. The van der Waals surface area contributed by atoms with Crippen LogP contribution < -0.4 is 4.74 Å². The summed E-state index contributed by atoms with van der Waals surface area (Å²) in [4.78, 5) is 14.9. The van der Waals surface area contributed by atoms with E-state index >= 15 is 0 Å². The highest BCUT2D eigenvalue weighted by molar-refractivity contribution is 5.65. The van der Waals surface area contributed by atoms with E-state index in [0.717, 1.165) is 11.4 Å². The highest BCUT2D eigenvalue weighted by atomic mass is 16.5. The maximum Gasteiger partial charge on any atom is 0.303 e. The Labute approximate surface area is 89.2 Å². The molecule has 0 aliphatic rings. The molecule has 4 nitrogen and oxygen atoms in total. The van der Waals surface area contributed by atoms with Gasteiger partial charge in [0.15, 0.2) is 0 Å². The van der Waals surface area contributed by atoms with Crippen molar-refractivity contribution in [2.75, 3.05) is 6.61 Å². The zero-order chi connectivity index (χ0) is 11.3. The van der Waals surface area contributed by atoms with Crippen LogP contribution in [0.15, 0.2) is 12.1 Å². The van der Waals surface area contributed by atoms with Gasteiger partial charge in [0.05, 0.1) is 12.3 Å². The van der Waals surface area contributed by atoms with E-state index in [4.69, 9.17) is 9.47 Å². The normalized spacial score (nSPS) is 9.80. The first-order chi connectivity index (χ1) is 7.11. The Hall–Kier alpha value is -1.58. The van der Waals surface area contributed by atoms with Crippen LogP contribution in [-0.4, -0.2) is 17.6 Å². The molecule has 1 rings (SSSR count). The van der Waals surface area contributed by atoms with Crippen LogP contribution in [0.25, 0.3) is 0 Å². The van der Waals surface area contributed by atoms with Gasteiger partial charge in [-0.2, -0.15) is 0 Å². The predicted molar refractivity (Wildman–Crippen MR) is 55.6 cm³/mol. The van der Waals surface area contributed by atoms with Crippen molar-refractivity contribution in [3.8, 4) is 5.75 Å². The third kappa shape index (κ3) is 3.97. The first-order valence-corrected chi connectivity index (χ1v) is 4.85. The molecule has 0 aliphatic carbocycles. The van der Waals surface area contributed by atoms with Gasteiger partial charge in [0.1, 0.15) is 12.4 Å². The van der Waals surface area contributed by atoms with Crippen molar-refractivity contribution in [2.45, 2.75) is 27.4 Å². The van der Waals surface area contributed by atoms with E-state index < -0.39 is 0 Å². The average molecular weight is 209 g/mol. The van der Waals surface area contributed by atoms with Crippen molar-refractivity contribution < 1.29 is 14.3 Å². The summed E-state index contributed by atoms with van der Waals surface area (Å²) >= 11 is 0. The number of aromatic nitrogens is 1. The van der Waals surface area contributed by atoms with E-state index in [0.29, 0.717) is 12.3 Å². The van der Waals surface area contributed by atoms with Crippen LogP contribution in [0.5, 0.6) is 5.75 Å². The van der Waals surface area contributed by atoms with Gasteiger partial charge < -0.3 is 9.47 Å². The number of ether oxygens (including phenoxy) is 2. The number of hydrogen-bond donors (Lipinski definition) is 0. The van der Waals surface area contributed by atoms with Crippen molar-refractivity contribution in [2.24, 2.45) is 0 Å². The molecule has 0 N–H and O–H groups in total. The van der Waals surface area contributed by atoms with Crippen LogP contribution in [0.3, 0.4) is 0 Å². The first kappa shape index (κ1) is 11.5. The summed E-state index contributed by atoms with van der Waals surface area (Å²) in [5.41, 5.74) is 1.55. The highest BCUT2D eigenvalue weighted by Gasteiger charge is 2.02. The molecule has 0 spiro atoms. The van der Waals surface area contributed by atoms with E-state index in [9.17, 15) is 4.79 Å². The number of nitrogens with zero attached hydrogens (tertiary/aromatic N) is 1. The van der Waals surface area contributed by atoms with Crippen molar-refractivity contribution >= 4 is 5.97 Å². The fraction of sp³-hybridized carbons (Fsp3) is 0.455. The molecular weight excluding hydrogens is 194 g/mol. The summed E-state index contributed by atoms with van der Waals surface area (Å²) in [6, 6.07) is 3.63. The highest BCUT2D eigenvalue weighted by Crippen LogP contribution is 2.14. The fourth-order valence-electron chi connectivity index (χ4n) is 1.20. The standard InChI is InChI=1S/C11H15NO3/c1-4-14-11-5-8(2)12-10(6-11)7-15-9(3)13/h5-6H,4,7H2,1-3H3. The molecule has 0 saturated heterocycles. The van der Waals surface area contributed by atoms with Crippen molar-refractivity contribution in [1.29, 1.82) is 0 Å². The summed E-state index contributed by atoms with van der Waals surface area (Å²) in [5, 5.41) is 0. The Morgan fingerprint density at radius 1 is 1.47 bits per heavy atom. The molecule has 1 aromatic rings. The third-order valence-corrected chi connectivity index (χ3v) is 1.71. The van der Waals surface area contributed by atoms with Crippen LogP contribution in [0.4, 0.5) is 0 Å². The van der Waals surface area contributed by atoms with Gasteiger partial charge in [0, 0.05) is 24.8 Å². The molecule has 0 fully saturated rings. The number of carbonyl (C=O) groups is 1. The molecule has 0 unspecified atom stereocenters. The second-order valence-corrected chi connectivity index (χ2v) is 3.15. The summed E-state index contributed by atoms with van der Waals surface area (Å²) in [7, 11) is 0. The van der Waals surface area contributed by atoms with Gasteiger partial charge in [-0.15, -0.1) is 0 Å². The molecule has 0 aliphatic heterocycles. The minimum Gasteiger partial charge on any atom is -0.494 e. The largest absolute Gasteiger partial charge is 0.494 e. The van der Waals surface area contributed by atoms with Crippen LogP contribution in [0.1, 0.15) is 25.2 Å². The number of pyridine rings is 1. The third-order valence-electron chi connectivity index (χ3n) is 1.71. The lowest BCUT2D eigenvalue weighted by Gasteiger charge is -2.07. The Morgan fingerprint density at radius 3 is 2.80 bits per heavy atom. The molecule has 0 amide bonds. The summed E-state index contributed by atoms with van der Waals surface area (Å²) in [6.07, 6.45) is 0. The number of rotatable bonds is 4. The van der Waals surface area contributed by atoms with Crippen LogP contribution in [-0.2, 0) is 16.1 Å². The van der Waals surface area contributed by atoms with Gasteiger partial charge in [-0.1, -0.05) is 0 Å². The van der Waals surface area contributed by atoms with Crippen LogP contribution >= 0.6 is 0 Å². The molecule has 0 bridgehead atoms. The monoisotopic (exact) mass is 209 g/mol. The van der Waals surface area contributed by atoms with Crippen LogP contribution in [0, 0.1) is 6.92 Å². The number of carbonyl (C=O) groups excluding carboxylic acids is 1. The maximum atomic E-state index is 10.6. The van der Waals surface area contributed by atoms with Crippen molar-refractivity contribution in [1.82, 2.24) is 4.98 Å². The second-order valence-electron chi connectivity index (χ2n) is 3.15. The average Bonchev–Trinajstić information content (AvgIpc) is 2.14. The Kier molecular flexibility index (Phi) is 4.09. The lowest BCUT2D eigenvalue weighted by Crippen LogP contribution is -2.02. The van der Waals surface area contributed by atoms with E-state index in [1.165, 1.54) is 6.92 Å². The molecular formula is C11H15NO3. The molecule has 0 atom stereocenters. The summed E-state index contributed by atoms with van der Waals surface area (Å²) < 4.78 is 10.2. The van der Waals surface area contributed by atoms with Crippen LogP contribution in [0.2, 0.25) is 0 Å². The molecule has 1 aromatic heterocycles. The molecule has 0 aromatic carbocycles. The molecule has 4 heteroatoms. The van der Waals surface area contributed by atoms with Crippen molar-refractivity contribution in [3.05, 3.63) is 23.5 Å². The molecule has 15 heavy (non-hydrogen) atoms. The quantitative estimate of drug-likeness (QED) is 0.710. The second kappa shape index (κ2) is 5.34. The lowest BCUT2D eigenvalue weighted by atomic mass is 10.3. The van der Waals surface area contributed by atoms with Gasteiger partial charge in [-0.25, -0.2) is 0 Å². The van der Waals surface area contributed by atoms with E-state index in [1.807, 2.05) is 19.9 Å². The van der Waals surface area contributed by atoms with Gasteiger partial charge in [0.2, 0.25) is 0 Å². The lowest BCUT2D eigenvalue weighted by molar-refractivity contribution is -0.142. The van der Waals surface area contributed by atoms with Crippen molar-refractivity contribution in [3.63, 3.8) is 0 Å². The first-order valence-electron chi connectivity index (χ1n) is 4.85. The van der Waals surface area contributed by atoms with Gasteiger partial charge in [0.25, 0.3) is 0 Å². The van der Waals surface area contributed by atoms with E-state index in [2.05, 4.69) is 4.98 Å². The summed E-state index contributed by atoms with van der Waals surface area (Å²) in [6.45, 7) is 5.97. The predicted octanol–water partition coefficient (Wildman–Crippen LogP) is 1.85. The number of hydrogen-bond acceptors (Lipinski definition) is 4. The number of esters is 1. The van der Waals surface area contributed by atoms with E-state index in [1.54, 1.807) is 6.07 Å². The minimum absolute atomic E-state index is 0.192. The fourth-order valence-corrected chi connectivity index (χ4v) is 1.20. The minimum atomic E-state index is -0.309. The number of aryl methyl sites for hydroxylation is 1.